The lowest BCUT2D eigenvalue weighted by Gasteiger charge is -2.22. The lowest BCUT2D eigenvalue weighted by atomic mass is 10.1. The average molecular weight is 470 g/mol. The molecular weight excluding hydrogens is 442 g/mol. The zero-order chi connectivity index (χ0) is 23.8. The largest absolute Gasteiger partial charge is 0.506 e. The molecule has 0 radical (unpaired) electrons. The van der Waals surface area contributed by atoms with Gasteiger partial charge in [0.2, 0.25) is 5.91 Å². The highest BCUT2D eigenvalue weighted by molar-refractivity contribution is 6.32. The molecule has 33 heavy (non-hydrogen) atoms. The van der Waals surface area contributed by atoms with Crippen LogP contribution in [0.3, 0.4) is 0 Å². The number of benzene rings is 2. The second kappa shape index (κ2) is 11.5. The third-order valence-corrected chi connectivity index (χ3v) is 5.57. The molecule has 0 saturated carbocycles. The first-order valence-corrected chi connectivity index (χ1v) is 11.2. The standard InChI is InChI=1S/C24H28ClN5O3/c1-2-3-11-29(13-10-26)23(32)16-30-12-9-19-18(5-4-6-21(19)30)15-27-28-24(33)17-7-8-22(31)20(25)14-17/h4-9,12,14-15,31H,2-3,10-11,13,16,26H2,1H3,(H,28,33)/b27-15+. The van der Waals surface area contributed by atoms with Gasteiger partial charge in [0, 0.05) is 47.9 Å². The van der Waals surface area contributed by atoms with Gasteiger partial charge in [-0.15, -0.1) is 0 Å². The highest BCUT2D eigenvalue weighted by atomic mass is 35.5. The number of nitrogens with one attached hydrogen (secondary N) is 1. The van der Waals surface area contributed by atoms with Crippen molar-refractivity contribution in [3.63, 3.8) is 0 Å². The van der Waals surface area contributed by atoms with Gasteiger partial charge in [0.25, 0.3) is 5.91 Å². The summed E-state index contributed by atoms with van der Waals surface area (Å²) in [6.45, 7) is 4.00. The molecule has 8 nitrogen and oxygen atoms in total. The Labute approximate surface area is 197 Å². The summed E-state index contributed by atoms with van der Waals surface area (Å²) in [5.41, 5.74) is 10.1. The normalized spacial score (nSPS) is 11.2. The number of hydrogen-bond donors (Lipinski definition) is 3. The summed E-state index contributed by atoms with van der Waals surface area (Å²) in [6.07, 6.45) is 5.38. The zero-order valence-electron chi connectivity index (χ0n) is 18.5. The fourth-order valence-corrected chi connectivity index (χ4v) is 3.66. The van der Waals surface area contributed by atoms with Crippen LogP contribution in [-0.4, -0.2) is 52.2 Å². The van der Waals surface area contributed by atoms with Gasteiger partial charge in [-0.05, 0) is 36.8 Å². The number of nitrogens with zero attached hydrogens (tertiary/aromatic N) is 3. The highest BCUT2D eigenvalue weighted by Gasteiger charge is 2.14. The lowest BCUT2D eigenvalue weighted by Crippen LogP contribution is -2.38. The van der Waals surface area contributed by atoms with Crippen molar-refractivity contribution in [3.05, 3.63) is 64.8 Å². The number of phenols is 1. The molecule has 0 aliphatic carbocycles. The van der Waals surface area contributed by atoms with Gasteiger partial charge in [-0.3, -0.25) is 9.59 Å². The van der Waals surface area contributed by atoms with Crippen LogP contribution >= 0.6 is 11.6 Å². The van der Waals surface area contributed by atoms with Gasteiger partial charge in [0.05, 0.1) is 11.2 Å². The first-order chi connectivity index (χ1) is 15.9. The number of amides is 2. The van der Waals surface area contributed by atoms with E-state index in [2.05, 4.69) is 17.5 Å². The molecule has 1 heterocycles. The average Bonchev–Trinajstić information content (AvgIpc) is 3.21. The molecule has 0 bridgehead atoms. The quantitative estimate of drug-likeness (QED) is 0.312. The van der Waals surface area contributed by atoms with Crippen molar-refractivity contribution in [2.75, 3.05) is 19.6 Å². The van der Waals surface area contributed by atoms with Crippen molar-refractivity contribution in [3.8, 4) is 5.75 Å². The van der Waals surface area contributed by atoms with Crippen molar-refractivity contribution in [1.29, 1.82) is 0 Å². The van der Waals surface area contributed by atoms with E-state index in [9.17, 15) is 14.7 Å². The Morgan fingerprint density at radius 1 is 1.24 bits per heavy atom. The van der Waals surface area contributed by atoms with Crippen molar-refractivity contribution < 1.29 is 14.7 Å². The van der Waals surface area contributed by atoms with E-state index in [1.165, 1.54) is 18.2 Å². The number of halogens is 1. The molecule has 2 aromatic carbocycles. The Kier molecular flexibility index (Phi) is 8.46. The first-order valence-electron chi connectivity index (χ1n) is 10.8. The van der Waals surface area contributed by atoms with E-state index in [1.54, 1.807) is 6.21 Å². The van der Waals surface area contributed by atoms with Crippen LogP contribution in [0.15, 0.2) is 53.8 Å². The number of nitrogens with two attached hydrogens (primary N) is 1. The monoisotopic (exact) mass is 469 g/mol. The summed E-state index contributed by atoms with van der Waals surface area (Å²) in [4.78, 5) is 26.9. The molecule has 0 spiro atoms. The third-order valence-electron chi connectivity index (χ3n) is 5.27. The van der Waals surface area contributed by atoms with Crippen LogP contribution in [0.2, 0.25) is 5.02 Å². The van der Waals surface area contributed by atoms with Crippen LogP contribution in [0.4, 0.5) is 0 Å². The van der Waals surface area contributed by atoms with Gasteiger partial charge in [0.1, 0.15) is 12.3 Å². The van der Waals surface area contributed by atoms with Crippen molar-refractivity contribution >= 4 is 40.5 Å². The molecule has 0 atom stereocenters. The molecule has 0 fully saturated rings. The molecule has 1 aromatic heterocycles. The van der Waals surface area contributed by atoms with Crippen LogP contribution in [0.1, 0.15) is 35.7 Å². The topological polar surface area (TPSA) is 113 Å². The van der Waals surface area contributed by atoms with Gasteiger partial charge in [-0.1, -0.05) is 37.1 Å². The summed E-state index contributed by atoms with van der Waals surface area (Å²) in [6, 6.07) is 11.8. The number of hydrazone groups is 1. The Bertz CT molecular complexity index is 1160. The maximum atomic E-state index is 12.8. The van der Waals surface area contributed by atoms with E-state index in [1.807, 2.05) is 39.9 Å². The van der Waals surface area contributed by atoms with E-state index in [0.717, 1.165) is 29.3 Å². The number of aromatic nitrogens is 1. The molecule has 2 amide bonds. The smallest absolute Gasteiger partial charge is 0.271 e. The molecule has 3 aromatic rings. The third kappa shape index (κ3) is 6.12. The van der Waals surface area contributed by atoms with Gasteiger partial charge in [-0.25, -0.2) is 5.43 Å². The molecule has 0 unspecified atom stereocenters. The van der Waals surface area contributed by atoms with Crippen molar-refractivity contribution in [1.82, 2.24) is 14.9 Å². The number of unbranched alkanes of at least 4 members (excludes halogenated alkanes) is 1. The Hall–Kier alpha value is -3.36. The molecule has 4 N–H and O–H groups in total. The van der Waals surface area contributed by atoms with E-state index in [4.69, 9.17) is 17.3 Å². The maximum Gasteiger partial charge on any atom is 0.271 e. The molecule has 9 heteroatoms. The number of rotatable bonds is 10. The number of carbonyl (C=O) groups is 2. The molecular formula is C24H28ClN5O3. The number of carbonyl (C=O) groups excluding carboxylic acids is 2. The van der Waals surface area contributed by atoms with E-state index < -0.39 is 5.91 Å². The minimum absolute atomic E-state index is 0.0327. The minimum atomic E-state index is -0.449. The van der Waals surface area contributed by atoms with Gasteiger partial charge in [0.15, 0.2) is 0 Å². The highest BCUT2D eigenvalue weighted by Crippen LogP contribution is 2.23. The molecule has 0 saturated heterocycles. The summed E-state index contributed by atoms with van der Waals surface area (Å²) in [5.74, 6) is -0.510. The summed E-state index contributed by atoms with van der Waals surface area (Å²) in [5, 5.41) is 14.5. The Balaban J connectivity index is 1.72. The van der Waals surface area contributed by atoms with Crippen LogP contribution in [0, 0.1) is 0 Å². The number of aromatic hydroxyl groups is 1. The molecule has 174 valence electrons. The van der Waals surface area contributed by atoms with Crippen LogP contribution < -0.4 is 11.2 Å². The van der Waals surface area contributed by atoms with E-state index >= 15 is 0 Å². The van der Waals surface area contributed by atoms with Gasteiger partial charge < -0.3 is 20.3 Å². The fourth-order valence-electron chi connectivity index (χ4n) is 3.48. The summed E-state index contributed by atoms with van der Waals surface area (Å²) in [7, 11) is 0. The number of fused-ring (bicyclic) bond motifs is 1. The molecule has 0 aliphatic rings. The minimum Gasteiger partial charge on any atom is -0.506 e. The van der Waals surface area contributed by atoms with E-state index in [0.29, 0.717) is 19.6 Å². The predicted octanol–water partition coefficient (Wildman–Crippen LogP) is 3.35. The van der Waals surface area contributed by atoms with Crippen molar-refractivity contribution in [2.45, 2.75) is 26.3 Å². The lowest BCUT2D eigenvalue weighted by molar-refractivity contribution is -0.131. The van der Waals surface area contributed by atoms with Gasteiger partial charge in [-0.2, -0.15) is 5.10 Å². The fraction of sp³-hybridized carbons (Fsp3) is 0.292. The summed E-state index contributed by atoms with van der Waals surface area (Å²) >= 11 is 5.85. The predicted molar refractivity (Wildman–Crippen MR) is 131 cm³/mol. The van der Waals surface area contributed by atoms with Crippen molar-refractivity contribution in [2.24, 2.45) is 10.8 Å². The molecule has 0 aliphatic heterocycles. The maximum absolute atomic E-state index is 12.8. The van der Waals surface area contributed by atoms with E-state index in [-0.39, 0.29) is 28.8 Å². The van der Waals surface area contributed by atoms with Gasteiger partial charge >= 0.3 is 0 Å². The molecule has 3 rings (SSSR count). The van der Waals surface area contributed by atoms with Crippen LogP contribution in [0.5, 0.6) is 5.75 Å². The van der Waals surface area contributed by atoms with Crippen LogP contribution in [-0.2, 0) is 11.3 Å². The Morgan fingerprint density at radius 2 is 2.06 bits per heavy atom. The second-order valence-electron chi connectivity index (χ2n) is 7.61. The first kappa shape index (κ1) is 24.3. The summed E-state index contributed by atoms with van der Waals surface area (Å²) < 4.78 is 1.90. The second-order valence-corrected chi connectivity index (χ2v) is 8.02. The Morgan fingerprint density at radius 3 is 2.79 bits per heavy atom. The number of hydrogen-bond acceptors (Lipinski definition) is 5. The number of phenolic OH excluding ortho intramolecular Hbond substituents is 1. The SMILES string of the molecule is CCCCN(CCN)C(=O)Cn1ccc2c(/C=N/NC(=O)c3ccc(O)c(Cl)c3)cccc21. The van der Waals surface area contributed by atoms with Crippen LogP contribution in [0.25, 0.3) is 10.9 Å². The zero-order valence-corrected chi connectivity index (χ0v) is 19.3.